The third-order valence-corrected chi connectivity index (χ3v) is 10.7. The first kappa shape index (κ1) is 36.8. The zero-order chi connectivity index (χ0) is 35.3. The molecule has 4 amide bonds. The number of likely N-dealkylation sites (tertiary alicyclic amines) is 1. The molecule has 0 radical (unpaired) electrons. The number of nitrogens with zero attached hydrogens (tertiary/aromatic N) is 2. The molecule has 49 heavy (non-hydrogen) atoms. The van der Waals surface area contributed by atoms with Crippen molar-refractivity contribution in [1.29, 1.82) is 0 Å². The summed E-state index contributed by atoms with van der Waals surface area (Å²) in [7, 11) is 0. The molecule has 5 rings (SSSR count). The first-order valence-electron chi connectivity index (χ1n) is 18.0. The van der Waals surface area contributed by atoms with Crippen LogP contribution in [0.3, 0.4) is 0 Å². The first-order chi connectivity index (χ1) is 23.3. The molecule has 2 aliphatic carbocycles. The lowest BCUT2D eigenvalue weighted by Gasteiger charge is -2.36. The number of benzene rings is 1. The number of ketones is 1. The SMILES string of the molecule is CCC[C@H](NC(=O)[C@@H]1C[C@]2(CC(c3cccc(Cl)c3)=NO2)CN1C(=O)[C@@H](NC(=O)CC1CCCCC1)C(C)(C)C)C(=O)C(=O)NC1CCC1. The van der Waals surface area contributed by atoms with Crippen molar-refractivity contribution in [3.8, 4) is 0 Å². The molecule has 3 fully saturated rings. The van der Waals surface area contributed by atoms with Crippen LogP contribution in [0.5, 0.6) is 0 Å². The summed E-state index contributed by atoms with van der Waals surface area (Å²) in [5.41, 5.74) is -0.245. The van der Waals surface area contributed by atoms with Crippen LogP contribution in [0.2, 0.25) is 5.02 Å². The molecule has 268 valence electrons. The van der Waals surface area contributed by atoms with Crippen LogP contribution in [0.4, 0.5) is 0 Å². The van der Waals surface area contributed by atoms with Gasteiger partial charge in [0.1, 0.15) is 12.1 Å². The fourth-order valence-corrected chi connectivity index (χ4v) is 7.62. The number of carbonyl (C=O) groups excluding carboxylic acids is 5. The van der Waals surface area contributed by atoms with E-state index in [-0.39, 0.29) is 31.3 Å². The summed E-state index contributed by atoms with van der Waals surface area (Å²) in [5, 5.41) is 13.6. The van der Waals surface area contributed by atoms with Gasteiger partial charge in [-0.1, -0.05) is 82.3 Å². The zero-order valence-electron chi connectivity index (χ0n) is 29.3. The van der Waals surface area contributed by atoms with Gasteiger partial charge in [-0.15, -0.1) is 0 Å². The molecule has 2 heterocycles. The van der Waals surface area contributed by atoms with E-state index in [2.05, 4.69) is 21.1 Å². The Morgan fingerprint density at radius 3 is 2.41 bits per heavy atom. The van der Waals surface area contributed by atoms with Gasteiger partial charge in [0, 0.05) is 35.9 Å². The van der Waals surface area contributed by atoms with Crippen LogP contribution >= 0.6 is 11.6 Å². The number of rotatable bonds is 12. The summed E-state index contributed by atoms with van der Waals surface area (Å²) in [6, 6.07) is 4.26. The van der Waals surface area contributed by atoms with Crippen LogP contribution < -0.4 is 16.0 Å². The Kier molecular flexibility index (Phi) is 11.7. The molecular formula is C37H52ClN5O6. The number of nitrogens with one attached hydrogen (secondary N) is 3. The Bertz CT molecular complexity index is 1450. The van der Waals surface area contributed by atoms with E-state index >= 15 is 0 Å². The molecule has 2 aliphatic heterocycles. The van der Waals surface area contributed by atoms with E-state index in [0.29, 0.717) is 35.9 Å². The summed E-state index contributed by atoms with van der Waals surface area (Å²) in [5.74, 6) is -2.23. The van der Waals surface area contributed by atoms with Crippen molar-refractivity contribution in [2.45, 2.75) is 141 Å². The quantitative estimate of drug-likeness (QED) is 0.267. The fraction of sp³-hybridized carbons (Fsp3) is 0.676. The highest BCUT2D eigenvalue weighted by molar-refractivity contribution is 6.38. The number of oxime groups is 1. The number of amides is 4. The minimum absolute atomic E-state index is 0.0203. The van der Waals surface area contributed by atoms with Gasteiger partial charge in [0.15, 0.2) is 5.60 Å². The molecule has 12 heteroatoms. The number of halogens is 1. The predicted octanol–water partition coefficient (Wildman–Crippen LogP) is 4.83. The molecule has 4 aliphatic rings. The summed E-state index contributed by atoms with van der Waals surface area (Å²) >= 11 is 6.25. The molecule has 0 aromatic heterocycles. The second-order valence-corrected chi connectivity index (χ2v) is 16.0. The molecule has 3 N–H and O–H groups in total. The number of hydrogen-bond donors (Lipinski definition) is 3. The maximum Gasteiger partial charge on any atom is 0.289 e. The lowest BCUT2D eigenvalue weighted by molar-refractivity contribution is -0.145. The summed E-state index contributed by atoms with van der Waals surface area (Å²) in [6.07, 6.45) is 9.70. The molecule has 0 bridgehead atoms. The summed E-state index contributed by atoms with van der Waals surface area (Å²) < 4.78 is 0. The molecule has 1 saturated heterocycles. The van der Waals surface area contributed by atoms with Crippen LogP contribution in [-0.4, -0.2) is 76.3 Å². The van der Waals surface area contributed by atoms with Crippen molar-refractivity contribution in [3.63, 3.8) is 0 Å². The summed E-state index contributed by atoms with van der Waals surface area (Å²) in [6.45, 7) is 7.60. The first-order valence-corrected chi connectivity index (χ1v) is 18.4. The summed E-state index contributed by atoms with van der Waals surface area (Å²) in [4.78, 5) is 75.7. The average Bonchev–Trinajstić information content (AvgIpc) is 3.64. The largest absolute Gasteiger partial charge is 0.387 e. The van der Waals surface area contributed by atoms with Crippen LogP contribution in [0.25, 0.3) is 0 Å². The van der Waals surface area contributed by atoms with Crippen molar-refractivity contribution in [1.82, 2.24) is 20.9 Å². The topological polar surface area (TPSA) is 146 Å². The Morgan fingerprint density at radius 1 is 1.04 bits per heavy atom. The number of hydrogen-bond acceptors (Lipinski definition) is 7. The highest BCUT2D eigenvalue weighted by Gasteiger charge is 2.55. The van der Waals surface area contributed by atoms with Gasteiger partial charge in [0.25, 0.3) is 5.91 Å². The minimum Gasteiger partial charge on any atom is -0.387 e. The van der Waals surface area contributed by atoms with Gasteiger partial charge in [-0.3, -0.25) is 24.0 Å². The zero-order valence-corrected chi connectivity index (χ0v) is 30.1. The molecule has 4 atom stereocenters. The lowest BCUT2D eigenvalue weighted by atomic mass is 9.84. The Labute approximate surface area is 294 Å². The Balaban J connectivity index is 1.38. The average molecular weight is 698 g/mol. The second-order valence-electron chi connectivity index (χ2n) is 15.6. The molecule has 0 unspecified atom stereocenters. The molecular weight excluding hydrogens is 646 g/mol. The van der Waals surface area contributed by atoms with E-state index in [1.165, 1.54) is 11.3 Å². The van der Waals surface area contributed by atoms with Crippen LogP contribution in [0.15, 0.2) is 29.4 Å². The van der Waals surface area contributed by atoms with E-state index in [1.54, 1.807) is 12.1 Å². The van der Waals surface area contributed by atoms with E-state index in [4.69, 9.17) is 16.4 Å². The van der Waals surface area contributed by atoms with Gasteiger partial charge in [0.05, 0.1) is 18.3 Å². The van der Waals surface area contributed by atoms with Crippen LogP contribution in [0.1, 0.15) is 117 Å². The molecule has 1 spiro atoms. The van der Waals surface area contributed by atoms with Gasteiger partial charge >= 0.3 is 0 Å². The van der Waals surface area contributed by atoms with Crippen molar-refractivity contribution < 1.29 is 28.8 Å². The van der Waals surface area contributed by atoms with Crippen molar-refractivity contribution in [2.24, 2.45) is 16.5 Å². The van der Waals surface area contributed by atoms with E-state index < -0.39 is 52.6 Å². The third kappa shape index (κ3) is 9.01. The van der Waals surface area contributed by atoms with Gasteiger partial charge in [0.2, 0.25) is 23.5 Å². The van der Waals surface area contributed by atoms with Crippen LogP contribution in [-0.2, 0) is 28.8 Å². The molecule has 2 saturated carbocycles. The van der Waals surface area contributed by atoms with Gasteiger partial charge in [-0.05, 0) is 62.0 Å². The van der Waals surface area contributed by atoms with Gasteiger partial charge in [-0.2, -0.15) is 0 Å². The van der Waals surface area contributed by atoms with Gasteiger partial charge in [-0.25, -0.2) is 0 Å². The van der Waals surface area contributed by atoms with Crippen LogP contribution in [0, 0.1) is 11.3 Å². The number of carbonyl (C=O) groups is 5. The fourth-order valence-electron chi connectivity index (χ4n) is 7.43. The Morgan fingerprint density at radius 2 is 1.78 bits per heavy atom. The highest BCUT2D eigenvalue weighted by atomic mass is 35.5. The second kappa shape index (κ2) is 15.6. The monoisotopic (exact) mass is 697 g/mol. The van der Waals surface area contributed by atoms with Crippen molar-refractivity contribution in [2.75, 3.05) is 6.54 Å². The number of Topliss-reactive ketones (excluding diaryl/α,β-unsaturated/α-hetero) is 1. The highest BCUT2D eigenvalue weighted by Crippen LogP contribution is 2.40. The normalized spacial score (nSPS) is 24.0. The van der Waals surface area contributed by atoms with Crippen molar-refractivity contribution >= 4 is 46.7 Å². The third-order valence-electron chi connectivity index (χ3n) is 10.5. The molecule has 1 aromatic rings. The Hall–Kier alpha value is -3.47. The van der Waals surface area contributed by atoms with E-state index in [1.807, 2.05) is 39.8 Å². The van der Waals surface area contributed by atoms with Gasteiger partial charge < -0.3 is 25.7 Å². The lowest BCUT2D eigenvalue weighted by Crippen LogP contribution is -2.59. The van der Waals surface area contributed by atoms with E-state index in [0.717, 1.165) is 50.5 Å². The predicted molar refractivity (Wildman–Crippen MR) is 187 cm³/mol. The van der Waals surface area contributed by atoms with E-state index in [9.17, 15) is 24.0 Å². The van der Waals surface area contributed by atoms with Crippen molar-refractivity contribution in [3.05, 3.63) is 34.9 Å². The maximum absolute atomic E-state index is 14.6. The molecule has 11 nitrogen and oxygen atoms in total. The smallest absolute Gasteiger partial charge is 0.289 e. The standard InChI is InChI=1S/C37H52ClN5O6/c1-5-11-27(31(45)34(47)39-26-16-10-17-26)40-33(46)29-21-37(20-28(42-49-37)24-14-9-15-25(38)19-24)22-43(29)35(48)32(36(2,3)4)41-30(44)18-23-12-7-6-8-13-23/h9,14-15,19,23,26-27,29,32H,5-8,10-13,16-18,20-22H2,1-4H3,(H,39,47)(H,40,46)(H,41,44)/t27-,29-,32+,37+/m0/s1. The minimum atomic E-state index is -1.04. The molecule has 1 aromatic carbocycles. The maximum atomic E-state index is 14.6.